The molecule has 1 aliphatic heterocycles. The van der Waals surface area contributed by atoms with E-state index in [-0.39, 0.29) is 23.8 Å². The Morgan fingerprint density at radius 2 is 1.84 bits per heavy atom. The first kappa shape index (κ1) is 19.6. The monoisotopic (exact) mass is 372 g/mol. The van der Waals surface area contributed by atoms with Crippen LogP contribution < -0.4 is 9.47 Å². The minimum atomic E-state index is -3.31. The van der Waals surface area contributed by atoms with E-state index in [1.807, 2.05) is 0 Å². The summed E-state index contributed by atoms with van der Waals surface area (Å²) >= 11 is 0. The van der Waals surface area contributed by atoms with E-state index in [2.05, 4.69) is 0 Å². The third-order valence-electron chi connectivity index (χ3n) is 4.20. The molecule has 1 heterocycles. The van der Waals surface area contributed by atoms with Gasteiger partial charge in [0.25, 0.3) is 0 Å². The average Bonchev–Trinajstić information content (AvgIpc) is 2.83. The molecule has 1 aliphatic rings. The largest absolute Gasteiger partial charge is 0.493 e. The molecule has 8 nitrogen and oxygen atoms in total. The highest BCUT2D eigenvalue weighted by Crippen LogP contribution is 2.28. The summed E-state index contributed by atoms with van der Waals surface area (Å²) in [6.45, 7) is -0.0558. The molecule has 0 unspecified atom stereocenters. The van der Waals surface area contributed by atoms with Gasteiger partial charge in [-0.05, 0) is 18.2 Å². The molecule has 2 atom stereocenters. The molecule has 1 aromatic carbocycles. The summed E-state index contributed by atoms with van der Waals surface area (Å²) in [5, 5.41) is 13.3. The number of ether oxygens (including phenoxy) is 2. The number of Topliss-reactive ketones (excluding diaryl/α,β-unsaturated/α-hetero) is 1. The highest BCUT2D eigenvalue weighted by atomic mass is 32.2. The Morgan fingerprint density at radius 1 is 1.20 bits per heavy atom. The Morgan fingerprint density at radius 3 is 2.32 bits per heavy atom. The van der Waals surface area contributed by atoms with Crippen molar-refractivity contribution in [3.8, 4) is 11.5 Å². The molecule has 2 rings (SSSR count). The van der Waals surface area contributed by atoms with Crippen LogP contribution in [0.25, 0.3) is 0 Å². The van der Waals surface area contributed by atoms with Gasteiger partial charge >= 0.3 is 0 Å². The zero-order valence-corrected chi connectivity index (χ0v) is 15.6. The lowest BCUT2D eigenvalue weighted by molar-refractivity contribution is -0.0420. The van der Waals surface area contributed by atoms with E-state index < -0.39 is 22.0 Å². The number of hydrogen-bond acceptors (Lipinski definition) is 8. The predicted molar refractivity (Wildman–Crippen MR) is 92.7 cm³/mol. The van der Waals surface area contributed by atoms with E-state index in [0.717, 1.165) is 0 Å². The standard InChI is InChI=1S/C16H24N2O6S/c1-17(2)18(12-9-25(21,22)10-14(12)20)8-13(19)11-5-6-15(23-3)16(7-11)24-4/h5-7,12,14,20H,8-10H2,1-4H3/t12-,14+/m1/s1. The van der Waals surface area contributed by atoms with Crippen molar-refractivity contribution in [3.05, 3.63) is 23.8 Å². The lowest BCUT2D eigenvalue weighted by atomic mass is 10.1. The first-order valence-corrected chi connectivity index (χ1v) is 9.58. The predicted octanol–water partition coefficient (Wildman–Crippen LogP) is -0.177. The number of aliphatic hydroxyl groups is 1. The van der Waals surface area contributed by atoms with Crippen molar-refractivity contribution in [2.45, 2.75) is 12.1 Å². The zero-order chi connectivity index (χ0) is 18.8. The Balaban J connectivity index is 2.21. The molecule has 1 saturated heterocycles. The van der Waals surface area contributed by atoms with Gasteiger partial charge in [-0.15, -0.1) is 0 Å². The summed E-state index contributed by atoms with van der Waals surface area (Å²) in [7, 11) is 3.10. The van der Waals surface area contributed by atoms with Gasteiger partial charge in [-0.3, -0.25) is 4.79 Å². The number of hydrazine groups is 1. The smallest absolute Gasteiger partial charge is 0.178 e. The van der Waals surface area contributed by atoms with Gasteiger partial charge in [0, 0.05) is 19.7 Å². The van der Waals surface area contributed by atoms with Gasteiger partial charge in [-0.1, -0.05) is 0 Å². The third kappa shape index (κ3) is 4.49. The SMILES string of the molecule is COc1ccc(C(=O)CN([C@@H]2CS(=O)(=O)C[C@@H]2O)N(C)C)cc1OC. The molecular formula is C16H24N2O6S. The van der Waals surface area contributed by atoms with Crippen LogP contribution in [-0.4, -0.2) is 87.8 Å². The quantitative estimate of drug-likeness (QED) is 0.520. The molecule has 1 N–H and O–H groups in total. The summed E-state index contributed by atoms with van der Waals surface area (Å²) in [5.41, 5.74) is 0.417. The van der Waals surface area contributed by atoms with E-state index in [1.54, 1.807) is 42.3 Å². The van der Waals surface area contributed by atoms with E-state index in [4.69, 9.17) is 9.47 Å². The number of sulfone groups is 1. The van der Waals surface area contributed by atoms with Crippen LogP contribution >= 0.6 is 0 Å². The van der Waals surface area contributed by atoms with Crippen molar-refractivity contribution in [2.24, 2.45) is 0 Å². The first-order chi connectivity index (χ1) is 11.7. The highest BCUT2D eigenvalue weighted by molar-refractivity contribution is 7.91. The second kappa shape index (κ2) is 7.69. The van der Waals surface area contributed by atoms with Gasteiger partial charge in [0.15, 0.2) is 27.1 Å². The number of rotatable bonds is 7. The third-order valence-corrected chi connectivity index (χ3v) is 5.90. The number of ketones is 1. The molecule has 9 heteroatoms. The summed E-state index contributed by atoms with van der Waals surface area (Å²) in [6, 6.07) is 4.20. The molecule has 0 aromatic heterocycles. The van der Waals surface area contributed by atoms with E-state index in [9.17, 15) is 18.3 Å². The summed E-state index contributed by atoms with van der Waals surface area (Å²) in [5.74, 6) is 0.276. The molecule has 0 radical (unpaired) electrons. The number of benzene rings is 1. The summed E-state index contributed by atoms with van der Waals surface area (Å²) in [4.78, 5) is 12.7. The molecule has 0 spiro atoms. The van der Waals surface area contributed by atoms with Crippen LogP contribution in [0.4, 0.5) is 0 Å². The first-order valence-electron chi connectivity index (χ1n) is 7.76. The van der Waals surface area contributed by atoms with Crippen LogP contribution in [0.3, 0.4) is 0 Å². The normalized spacial score (nSPS) is 22.4. The van der Waals surface area contributed by atoms with Crippen LogP contribution in [0.2, 0.25) is 0 Å². The molecule has 25 heavy (non-hydrogen) atoms. The maximum absolute atomic E-state index is 12.7. The van der Waals surface area contributed by atoms with Gasteiger partial charge in [0.1, 0.15) is 0 Å². The maximum Gasteiger partial charge on any atom is 0.178 e. The van der Waals surface area contributed by atoms with Crippen LogP contribution in [-0.2, 0) is 9.84 Å². The maximum atomic E-state index is 12.7. The van der Waals surface area contributed by atoms with Crippen molar-refractivity contribution in [2.75, 3.05) is 46.4 Å². The molecule has 0 amide bonds. The summed E-state index contributed by atoms with van der Waals surface area (Å²) in [6.07, 6.45) is -1.02. The molecular weight excluding hydrogens is 348 g/mol. The second-order valence-corrected chi connectivity index (χ2v) is 8.30. The minimum absolute atomic E-state index is 0.0558. The van der Waals surface area contributed by atoms with Gasteiger partial charge in [0.2, 0.25) is 0 Å². The van der Waals surface area contributed by atoms with Crippen LogP contribution in [0.15, 0.2) is 18.2 Å². The number of hydrogen-bond donors (Lipinski definition) is 1. The number of carbonyl (C=O) groups excluding carboxylic acids is 1. The van der Waals surface area contributed by atoms with Crippen molar-refractivity contribution in [1.29, 1.82) is 0 Å². The molecule has 0 saturated carbocycles. The fourth-order valence-corrected chi connectivity index (χ4v) is 4.69. The van der Waals surface area contributed by atoms with E-state index >= 15 is 0 Å². The number of methoxy groups -OCH3 is 2. The van der Waals surface area contributed by atoms with Crippen molar-refractivity contribution in [1.82, 2.24) is 10.0 Å². The van der Waals surface area contributed by atoms with Crippen LogP contribution in [0.5, 0.6) is 11.5 Å². The number of nitrogens with zero attached hydrogens (tertiary/aromatic N) is 2. The Bertz CT molecular complexity index is 734. The lowest BCUT2D eigenvalue weighted by Gasteiger charge is -2.34. The Hall–Kier alpha value is -1.68. The molecule has 1 aromatic rings. The van der Waals surface area contributed by atoms with Crippen LogP contribution in [0.1, 0.15) is 10.4 Å². The molecule has 0 aliphatic carbocycles. The number of aliphatic hydroxyl groups excluding tert-OH is 1. The Kier molecular flexibility index (Phi) is 6.04. The second-order valence-electron chi connectivity index (χ2n) is 6.15. The van der Waals surface area contributed by atoms with Crippen molar-refractivity contribution < 1.29 is 27.8 Å². The molecule has 0 bridgehead atoms. The molecule has 140 valence electrons. The van der Waals surface area contributed by atoms with Gasteiger partial charge in [-0.25, -0.2) is 18.4 Å². The Labute approximate surface area is 147 Å². The summed E-state index contributed by atoms with van der Waals surface area (Å²) < 4.78 is 33.9. The fourth-order valence-electron chi connectivity index (χ4n) is 2.90. The van der Waals surface area contributed by atoms with Crippen molar-refractivity contribution >= 4 is 15.6 Å². The minimum Gasteiger partial charge on any atom is -0.493 e. The van der Waals surface area contributed by atoms with Gasteiger partial charge < -0.3 is 14.6 Å². The molecule has 1 fully saturated rings. The lowest BCUT2D eigenvalue weighted by Crippen LogP contribution is -2.52. The zero-order valence-electron chi connectivity index (χ0n) is 14.8. The number of carbonyl (C=O) groups is 1. The van der Waals surface area contributed by atoms with Crippen LogP contribution in [0, 0.1) is 0 Å². The topological polar surface area (TPSA) is 96.4 Å². The highest BCUT2D eigenvalue weighted by Gasteiger charge is 2.41. The van der Waals surface area contributed by atoms with Gasteiger partial charge in [-0.2, -0.15) is 0 Å². The van der Waals surface area contributed by atoms with Crippen molar-refractivity contribution in [3.63, 3.8) is 0 Å². The average molecular weight is 372 g/mol. The van der Waals surface area contributed by atoms with E-state index in [0.29, 0.717) is 17.1 Å². The van der Waals surface area contributed by atoms with E-state index in [1.165, 1.54) is 14.2 Å². The van der Waals surface area contributed by atoms with Gasteiger partial charge in [0.05, 0.1) is 44.4 Å². The fraction of sp³-hybridized carbons (Fsp3) is 0.562.